The molecule has 0 radical (unpaired) electrons. The molecule has 4 atom stereocenters. The van der Waals surface area contributed by atoms with Crippen LogP contribution in [0.3, 0.4) is 0 Å². The van der Waals surface area contributed by atoms with E-state index in [1.807, 2.05) is 6.08 Å². The number of rotatable bonds is 0. The van der Waals surface area contributed by atoms with Gasteiger partial charge in [0, 0.05) is 0 Å². The van der Waals surface area contributed by atoms with Gasteiger partial charge in [-0.3, -0.25) is 0 Å². The second-order valence-corrected chi connectivity index (χ2v) is 3.85. The minimum Gasteiger partial charge on any atom is -0.390 e. The van der Waals surface area contributed by atoms with E-state index in [1.54, 1.807) is 0 Å². The van der Waals surface area contributed by atoms with Crippen molar-refractivity contribution < 1.29 is 14.9 Å². The van der Waals surface area contributed by atoms with Crippen molar-refractivity contribution in [3.63, 3.8) is 0 Å². The Morgan fingerprint density at radius 2 is 2.00 bits per heavy atom. The Morgan fingerprint density at radius 3 is 2.85 bits per heavy atom. The lowest BCUT2D eigenvalue weighted by atomic mass is 10.00. The summed E-state index contributed by atoms with van der Waals surface area (Å²) in [5, 5.41) is 19.2. The molecule has 1 fully saturated rings. The number of hydrogen-bond donors (Lipinski definition) is 2. The molecule has 2 bridgehead atoms. The summed E-state index contributed by atoms with van der Waals surface area (Å²) < 4.78 is 5.66. The molecule has 0 amide bonds. The van der Waals surface area contributed by atoms with E-state index in [1.165, 1.54) is 0 Å². The molecular weight excluding hydrogens is 168 g/mol. The highest BCUT2D eigenvalue weighted by Gasteiger charge is 2.33. The van der Waals surface area contributed by atoms with E-state index in [-0.39, 0.29) is 12.2 Å². The van der Waals surface area contributed by atoms with Crippen LogP contribution in [0.25, 0.3) is 0 Å². The second kappa shape index (κ2) is 3.78. The Hall–Kier alpha value is -0.380. The first-order valence-electron chi connectivity index (χ1n) is 4.95. The van der Waals surface area contributed by atoms with E-state index in [0.717, 1.165) is 19.3 Å². The van der Waals surface area contributed by atoms with Crippen LogP contribution in [0, 0.1) is 0 Å². The van der Waals surface area contributed by atoms with Crippen LogP contribution in [0.2, 0.25) is 0 Å². The van der Waals surface area contributed by atoms with Crippen molar-refractivity contribution in [2.45, 2.75) is 50.1 Å². The Morgan fingerprint density at radius 1 is 1.15 bits per heavy atom. The Labute approximate surface area is 78.0 Å². The lowest BCUT2D eigenvalue weighted by Crippen LogP contribution is -2.37. The van der Waals surface area contributed by atoms with Crippen LogP contribution < -0.4 is 0 Å². The summed E-state index contributed by atoms with van der Waals surface area (Å²) in [5.74, 6) is 0. The van der Waals surface area contributed by atoms with Gasteiger partial charge in [0.05, 0.1) is 18.3 Å². The average Bonchev–Trinajstić information content (AvgIpc) is 2.43. The molecule has 3 nitrogen and oxygen atoms in total. The second-order valence-electron chi connectivity index (χ2n) is 3.85. The quantitative estimate of drug-likeness (QED) is 0.542. The van der Waals surface area contributed by atoms with Crippen molar-refractivity contribution in [2.24, 2.45) is 0 Å². The van der Waals surface area contributed by atoms with Gasteiger partial charge < -0.3 is 14.9 Å². The van der Waals surface area contributed by atoms with Crippen LogP contribution in [0.4, 0.5) is 0 Å². The van der Waals surface area contributed by atoms with Gasteiger partial charge in [0.15, 0.2) is 0 Å². The smallest absolute Gasteiger partial charge is 0.106 e. The van der Waals surface area contributed by atoms with Crippen LogP contribution in [-0.4, -0.2) is 34.6 Å². The predicted octanol–water partition coefficient (Wildman–Crippen LogP) is 0.606. The highest BCUT2D eigenvalue weighted by molar-refractivity contribution is 4.97. The molecular formula is C10H16O3. The first-order chi connectivity index (χ1) is 6.27. The predicted molar refractivity (Wildman–Crippen MR) is 48.3 cm³/mol. The van der Waals surface area contributed by atoms with Crippen molar-refractivity contribution in [1.29, 1.82) is 0 Å². The molecule has 3 heteroatoms. The lowest BCUT2D eigenvalue weighted by molar-refractivity contribution is -0.0835. The number of aliphatic hydroxyl groups is 2. The van der Waals surface area contributed by atoms with Crippen molar-refractivity contribution >= 4 is 0 Å². The Bertz CT molecular complexity index is 202. The van der Waals surface area contributed by atoms with Gasteiger partial charge in [-0.25, -0.2) is 0 Å². The topological polar surface area (TPSA) is 49.7 Å². The van der Waals surface area contributed by atoms with Crippen LogP contribution in [0.5, 0.6) is 0 Å². The van der Waals surface area contributed by atoms with E-state index < -0.39 is 12.2 Å². The largest absolute Gasteiger partial charge is 0.390 e. The summed E-state index contributed by atoms with van der Waals surface area (Å²) in [5.41, 5.74) is 0. The normalized spacial score (nSPS) is 45.4. The molecule has 2 N–H and O–H groups in total. The molecule has 2 rings (SSSR count). The van der Waals surface area contributed by atoms with Crippen LogP contribution >= 0.6 is 0 Å². The number of ether oxygens (including phenoxy) is 1. The van der Waals surface area contributed by atoms with Crippen molar-refractivity contribution in [2.75, 3.05) is 0 Å². The van der Waals surface area contributed by atoms with Gasteiger partial charge in [0.1, 0.15) is 6.10 Å². The molecule has 1 saturated heterocycles. The SMILES string of the molecule is O[C@H]1CCC2C=CCCC(O2)[C@@H]1O. The zero-order valence-electron chi connectivity index (χ0n) is 7.60. The van der Waals surface area contributed by atoms with Gasteiger partial charge in [-0.2, -0.15) is 0 Å². The van der Waals surface area contributed by atoms with Crippen molar-refractivity contribution in [3.8, 4) is 0 Å². The van der Waals surface area contributed by atoms with E-state index in [9.17, 15) is 10.2 Å². The molecule has 0 aromatic rings. The van der Waals surface area contributed by atoms with Gasteiger partial charge in [-0.1, -0.05) is 12.2 Å². The fraction of sp³-hybridized carbons (Fsp3) is 0.800. The van der Waals surface area contributed by atoms with Crippen molar-refractivity contribution in [1.82, 2.24) is 0 Å². The number of fused-ring (bicyclic) bond motifs is 2. The van der Waals surface area contributed by atoms with Crippen LogP contribution in [-0.2, 0) is 4.74 Å². The molecule has 0 aromatic carbocycles. The molecule has 2 heterocycles. The maximum absolute atomic E-state index is 9.69. The molecule has 0 aliphatic carbocycles. The summed E-state index contributed by atoms with van der Waals surface area (Å²) in [6.07, 6.45) is 5.94. The Kier molecular flexibility index (Phi) is 2.67. The van der Waals surface area contributed by atoms with Gasteiger partial charge in [-0.05, 0) is 25.7 Å². The van der Waals surface area contributed by atoms with Gasteiger partial charge in [0.25, 0.3) is 0 Å². The number of hydrogen-bond acceptors (Lipinski definition) is 3. The molecule has 0 aromatic heterocycles. The van der Waals surface area contributed by atoms with E-state index >= 15 is 0 Å². The summed E-state index contributed by atoms with van der Waals surface area (Å²) in [4.78, 5) is 0. The average molecular weight is 184 g/mol. The van der Waals surface area contributed by atoms with E-state index in [0.29, 0.717) is 6.42 Å². The first-order valence-corrected chi connectivity index (χ1v) is 4.95. The fourth-order valence-corrected chi connectivity index (χ4v) is 2.02. The molecule has 0 saturated carbocycles. The zero-order valence-corrected chi connectivity index (χ0v) is 7.60. The third-order valence-corrected chi connectivity index (χ3v) is 2.84. The molecule has 2 aliphatic rings. The molecule has 2 aliphatic heterocycles. The molecule has 74 valence electrons. The van der Waals surface area contributed by atoms with Gasteiger partial charge >= 0.3 is 0 Å². The number of aliphatic hydroxyl groups excluding tert-OH is 2. The molecule has 2 unspecified atom stereocenters. The zero-order chi connectivity index (χ0) is 9.26. The highest BCUT2D eigenvalue weighted by Crippen LogP contribution is 2.25. The lowest BCUT2D eigenvalue weighted by Gasteiger charge is -2.23. The maximum Gasteiger partial charge on any atom is 0.106 e. The minimum atomic E-state index is -0.704. The summed E-state index contributed by atoms with van der Waals surface area (Å²) in [7, 11) is 0. The van der Waals surface area contributed by atoms with Crippen LogP contribution in [0.15, 0.2) is 12.2 Å². The van der Waals surface area contributed by atoms with E-state index in [2.05, 4.69) is 6.08 Å². The van der Waals surface area contributed by atoms with Crippen molar-refractivity contribution in [3.05, 3.63) is 12.2 Å². The monoisotopic (exact) mass is 184 g/mol. The summed E-state index contributed by atoms with van der Waals surface area (Å²) >= 11 is 0. The number of allylic oxidation sites excluding steroid dienone is 1. The van der Waals surface area contributed by atoms with Gasteiger partial charge in [-0.15, -0.1) is 0 Å². The molecule has 0 spiro atoms. The summed E-state index contributed by atoms with van der Waals surface area (Å²) in [6.45, 7) is 0. The maximum atomic E-state index is 9.69. The highest BCUT2D eigenvalue weighted by atomic mass is 16.5. The third-order valence-electron chi connectivity index (χ3n) is 2.84. The van der Waals surface area contributed by atoms with E-state index in [4.69, 9.17) is 4.74 Å². The van der Waals surface area contributed by atoms with Gasteiger partial charge in [0.2, 0.25) is 0 Å². The fourth-order valence-electron chi connectivity index (χ4n) is 2.02. The Balaban J connectivity index is 2.12. The summed E-state index contributed by atoms with van der Waals surface area (Å²) in [6, 6.07) is 0. The minimum absolute atomic E-state index is 0.0966. The standard InChI is InChI=1S/C10H16O3/c11-8-6-5-7-3-1-2-4-9(13-7)10(8)12/h1,3,7-12H,2,4-6H2/t7?,8-,9?,10+/m0/s1. The molecule has 13 heavy (non-hydrogen) atoms. The van der Waals surface area contributed by atoms with Crippen LogP contribution in [0.1, 0.15) is 25.7 Å². The third kappa shape index (κ3) is 1.93. The first kappa shape index (κ1) is 9.19.